The zero-order valence-corrected chi connectivity index (χ0v) is 33.8. The summed E-state index contributed by atoms with van der Waals surface area (Å²) in [7, 11) is 0. The number of rotatable bonds is 5. The predicted molar refractivity (Wildman–Crippen MR) is 260 cm³/mol. The minimum absolute atomic E-state index is 0.684. The number of hydrogen-bond donors (Lipinski definition) is 0. The molecule has 0 unspecified atom stereocenters. The van der Waals surface area contributed by atoms with Crippen LogP contribution in [0, 0.1) is 0 Å². The van der Waals surface area contributed by atoms with Crippen molar-refractivity contribution in [2.75, 3.05) is 0 Å². The van der Waals surface area contributed by atoms with E-state index in [0.29, 0.717) is 5.82 Å². The average Bonchev–Trinajstić information content (AvgIpc) is 4.01. The van der Waals surface area contributed by atoms with Crippen molar-refractivity contribution in [3.8, 4) is 45.3 Å². The van der Waals surface area contributed by atoms with Gasteiger partial charge in [0.2, 0.25) is 0 Å². The van der Waals surface area contributed by atoms with E-state index < -0.39 is 0 Å². The Morgan fingerprint density at radius 2 is 0.873 bits per heavy atom. The van der Waals surface area contributed by atoms with Crippen LogP contribution in [0.25, 0.3) is 132 Å². The molecule has 0 aliphatic rings. The smallest absolute Gasteiger partial charge is 0.162 e. The Bertz CT molecular complexity index is 4100. The first-order chi connectivity index (χ1) is 31.2. The predicted octanol–water partition coefficient (Wildman–Crippen LogP) is 15.3. The van der Waals surface area contributed by atoms with E-state index in [1.165, 1.54) is 53.9 Å². The Morgan fingerprint density at radius 3 is 1.63 bits per heavy atom. The third-order valence-corrected chi connectivity index (χ3v) is 13.1. The molecular formula is C58H34N4O. The molecule has 63 heavy (non-hydrogen) atoms. The molecule has 0 spiro atoms. The van der Waals surface area contributed by atoms with Gasteiger partial charge in [-0.2, -0.15) is 0 Å². The Morgan fingerprint density at radius 1 is 0.317 bits per heavy atom. The molecule has 0 fully saturated rings. The van der Waals surface area contributed by atoms with Crippen LogP contribution in [0.2, 0.25) is 0 Å². The maximum absolute atomic E-state index is 6.65. The highest BCUT2D eigenvalue weighted by Crippen LogP contribution is 2.45. The maximum Gasteiger partial charge on any atom is 0.162 e. The fourth-order valence-corrected chi connectivity index (χ4v) is 10.3. The highest BCUT2D eigenvalue weighted by atomic mass is 16.3. The third kappa shape index (κ3) is 4.99. The van der Waals surface area contributed by atoms with Crippen molar-refractivity contribution in [2.45, 2.75) is 0 Å². The Labute approximate surface area is 360 Å². The molecule has 5 heteroatoms. The molecule has 0 aliphatic carbocycles. The van der Waals surface area contributed by atoms with Crippen molar-refractivity contribution < 1.29 is 4.42 Å². The fraction of sp³-hybridized carbons (Fsp3) is 0. The van der Waals surface area contributed by atoms with E-state index in [-0.39, 0.29) is 0 Å². The van der Waals surface area contributed by atoms with Crippen LogP contribution < -0.4 is 0 Å². The van der Waals surface area contributed by atoms with Gasteiger partial charge in [0.15, 0.2) is 5.82 Å². The lowest BCUT2D eigenvalue weighted by molar-refractivity contribution is 0.669. The summed E-state index contributed by atoms with van der Waals surface area (Å²) >= 11 is 0. The van der Waals surface area contributed by atoms with Crippen LogP contribution in [0.4, 0.5) is 0 Å². The number of hydrogen-bond acceptors (Lipinski definition) is 3. The molecule has 5 nitrogen and oxygen atoms in total. The van der Waals surface area contributed by atoms with Crippen LogP contribution in [-0.4, -0.2) is 19.1 Å². The zero-order valence-electron chi connectivity index (χ0n) is 33.8. The van der Waals surface area contributed by atoms with Gasteiger partial charge in [0.25, 0.3) is 0 Å². The summed E-state index contributed by atoms with van der Waals surface area (Å²) in [6.45, 7) is 0. The van der Waals surface area contributed by atoms with E-state index in [0.717, 1.165) is 72.7 Å². The van der Waals surface area contributed by atoms with Crippen LogP contribution in [0.1, 0.15) is 0 Å². The van der Waals surface area contributed by atoms with Gasteiger partial charge in [-0.05, 0) is 81.2 Å². The lowest BCUT2D eigenvalue weighted by Gasteiger charge is -2.13. The van der Waals surface area contributed by atoms with Gasteiger partial charge in [-0.15, -0.1) is 0 Å². The molecule has 292 valence electrons. The molecule has 0 saturated heterocycles. The average molecular weight is 803 g/mol. The zero-order chi connectivity index (χ0) is 41.2. The topological polar surface area (TPSA) is 48.8 Å². The number of benzene rings is 10. The van der Waals surface area contributed by atoms with Gasteiger partial charge >= 0.3 is 0 Å². The molecule has 0 amide bonds. The van der Waals surface area contributed by atoms with Crippen molar-refractivity contribution in [1.29, 1.82) is 0 Å². The molecule has 0 atom stereocenters. The van der Waals surface area contributed by atoms with Crippen LogP contribution in [0.15, 0.2) is 211 Å². The van der Waals surface area contributed by atoms with Crippen molar-refractivity contribution in [1.82, 2.24) is 19.1 Å². The summed E-state index contributed by atoms with van der Waals surface area (Å²) in [6, 6.07) is 73.6. The summed E-state index contributed by atoms with van der Waals surface area (Å²) in [5.74, 6) is 1.51. The lowest BCUT2D eigenvalue weighted by atomic mass is 9.94. The van der Waals surface area contributed by atoms with Crippen LogP contribution in [0.5, 0.6) is 0 Å². The molecule has 0 aliphatic heterocycles. The molecule has 14 rings (SSSR count). The van der Waals surface area contributed by atoms with Gasteiger partial charge in [-0.25, -0.2) is 9.97 Å². The first-order valence-electron chi connectivity index (χ1n) is 21.4. The van der Waals surface area contributed by atoms with Crippen LogP contribution >= 0.6 is 0 Å². The summed E-state index contributed by atoms with van der Waals surface area (Å²) in [4.78, 5) is 10.5. The van der Waals surface area contributed by atoms with Gasteiger partial charge in [0, 0.05) is 55.6 Å². The molecule has 10 aromatic carbocycles. The Balaban J connectivity index is 0.939. The number of para-hydroxylation sites is 3. The van der Waals surface area contributed by atoms with Crippen molar-refractivity contribution in [2.24, 2.45) is 0 Å². The minimum atomic E-state index is 0.684. The van der Waals surface area contributed by atoms with Gasteiger partial charge in [-0.3, -0.25) is 4.57 Å². The first-order valence-corrected chi connectivity index (χ1v) is 21.4. The number of furan rings is 1. The third-order valence-electron chi connectivity index (χ3n) is 13.1. The van der Waals surface area contributed by atoms with Gasteiger partial charge in [-0.1, -0.05) is 146 Å². The minimum Gasteiger partial charge on any atom is -0.456 e. The van der Waals surface area contributed by atoms with Gasteiger partial charge in [0.05, 0.1) is 33.4 Å². The standard InChI is InChI=1S/C58H34N4O/c1-2-14-35(15-3-1)58-59-48(34-55(60-58)62-50-25-10-6-20-42(50)43-21-7-11-26-51(43)62)38-17-12-16-36(30-38)37-28-29-52-46(31-37)44-22-8-9-24-49(44)61(52)39-32-47-41-19-5-4-18-40(41)45-23-13-27-53-56(45)57(47)54(33-39)63-53/h1-34H. The number of fused-ring (bicyclic) bond motifs is 9. The van der Waals surface area contributed by atoms with Crippen molar-refractivity contribution >= 4 is 87.1 Å². The molecule has 0 saturated carbocycles. The van der Waals surface area contributed by atoms with Crippen LogP contribution in [0.3, 0.4) is 0 Å². The number of nitrogens with zero attached hydrogens (tertiary/aromatic N) is 4. The SMILES string of the molecule is c1ccc(-c2nc(-c3cccc(-c4ccc5c(c4)c4ccccc4n5-c4cc5oc6cccc7c8ccccc8c(c4)c5c67)c3)cc(-n3c4ccccc4c4ccccc43)n2)cc1. The maximum atomic E-state index is 6.65. The molecular weight excluding hydrogens is 769 g/mol. The van der Waals surface area contributed by atoms with Gasteiger partial charge in [0.1, 0.15) is 17.0 Å². The summed E-state index contributed by atoms with van der Waals surface area (Å²) < 4.78 is 11.3. The van der Waals surface area contributed by atoms with E-state index in [1.807, 2.05) is 18.2 Å². The van der Waals surface area contributed by atoms with Gasteiger partial charge < -0.3 is 8.98 Å². The van der Waals surface area contributed by atoms with Crippen molar-refractivity contribution in [3.05, 3.63) is 206 Å². The quantitative estimate of drug-likeness (QED) is 0.163. The largest absolute Gasteiger partial charge is 0.456 e. The molecule has 4 heterocycles. The summed E-state index contributed by atoms with van der Waals surface area (Å²) in [5, 5.41) is 12.1. The fourth-order valence-electron chi connectivity index (χ4n) is 10.3. The number of aromatic nitrogens is 4. The molecule has 4 aromatic heterocycles. The lowest BCUT2D eigenvalue weighted by Crippen LogP contribution is -2.02. The second kappa shape index (κ2) is 13.0. The molecule has 14 aromatic rings. The Hall–Kier alpha value is -8.54. The van der Waals surface area contributed by atoms with E-state index in [2.05, 4.69) is 197 Å². The second-order valence-corrected chi connectivity index (χ2v) is 16.5. The molecule has 0 radical (unpaired) electrons. The first kappa shape index (κ1) is 34.2. The van der Waals surface area contributed by atoms with Crippen molar-refractivity contribution in [3.63, 3.8) is 0 Å². The normalized spacial score (nSPS) is 12.1. The van der Waals surface area contributed by atoms with E-state index in [4.69, 9.17) is 14.4 Å². The second-order valence-electron chi connectivity index (χ2n) is 16.5. The van der Waals surface area contributed by atoms with E-state index in [9.17, 15) is 0 Å². The monoisotopic (exact) mass is 802 g/mol. The highest BCUT2D eigenvalue weighted by Gasteiger charge is 2.21. The van der Waals surface area contributed by atoms with Crippen LogP contribution in [-0.2, 0) is 0 Å². The van der Waals surface area contributed by atoms with E-state index >= 15 is 0 Å². The summed E-state index contributed by atoms with van der Waals surface area (Å²) in [5.41, 5.74) is 12.5. The molecule has 0 N–H and O–H groups in total. The molecule has 0 bridgehead atoms. The highest BCUT2D eigenvalue weighted by molar-refractivity contribution is 6.33. The Kier molecular flexibility index (Phi) is 7.05. The summed E-state index contributed by atoms with van der Waals surface area (Å²) in [6.07, 6.45) is 0. The van der Waals surface area contributed by atoms with E-state index in [1.54, 1.807) is 0 Å².